The van der Waals surface area contributed by atoms with Gasteiger partial charge in [0.1, 0.15) is 5.82 Å². The molecule has 0 fully saturated rings. The van der Waals surface area contributed by atoms with E-state index in [0.29, 0.717) is 0 Å². The number of rotatable bonds is 3. The van der Waals surface area contributed by atoms with Crippen LogP contribution in [0, 0.1) is 11.6 Å². The molecule has 0 unspecified atom stereocenters. The Hall–Kier alpha value is -1.85. The number of carbonyl (C=O) groups is 1. The zero-order valence-electron chi connectivity index (χ0n) is 10.8. The molecule has 0 aliphatic heterocycles. The van der Waals surface area contributed by atoms with Crippen LogP contribution < -0.4 is 10.6 Å². The van der Waals surface area contributed by atoms with E-state index in [2.05, 4.69) is 10.6 Å². The van der Waals surface area contributed by atoms with Crippen molar-refractivity contribution in [3.05, 3.63) is 57.6 Å². The van der Waals surface area contributed by atoms with Crippen molar-refractivity contribution in [1.29, 1.82) is 0 Å². The molecule has 0 spiro atoms. The summed E-state index contributed by atoms with van der Waals surface area (Å²) in [4.78, 5) is 12.2. The molecule has 0 atom stereocenters. The number of halogens is 4. The lowest BCUT2D eigenvalue weighted by molar-refractivity contribution is 0.102. The highest BCUT2D eigenvalue weighted by Crippen LogP contribution is 2.28. The predicted molar refractivity (Wildman–Crippen MR) is 80.3 cm³/mol. The van der Waals surface area contributed by atoms with Crippen molar-refractivity contribution in [2.45, 2.75) is 0 Å². The highest BCUT2D eigenvalue weighted by molar-refractivity contribution is 6.35. The fourth-order valence-corrected chi connectivity index (χ4v) is 2.28. The van der Waals surface area contributed by atoms with Gasteiger partial charge in [0.05, 0.1) is 21.3 Å². The molecule has 0 saturated heterocycles. The van der Waals surface area contributed by atoms with Crippen LogP contribution in [0.5, 0.6) is 0 Å². The normalized spacial score (nSPS) is 10.3. The topological polar surface area (TPSA) is 41.1 Å². The molecule has 2 N–H and O–H groups in total. The fraction of sp³-hybridized carbons (Fsp3) is 0.0714. The number of hydrogen-bond acceptors (Lipinski definition) is 2. The molecule has 2 rings (SSSR count). The minimum absolute atomic E-state index is 0.0642. The van der Waals surface area contributed by atoms with E-state index in [1.54, 1.807) is 0 Å². The summed E-state index contributed by atoms with van der Waals surface area (Å²) in [6, 6.07) is 6.54. The first-order chi connectivity index (χ1) is 9.93. The van der Waals surface area contributed by atoms with Crippen LogP contribution in [-0.4, -0.2) is 13.0 Å². The Morgan fingerprint density at radius 2 is 1.76 bits per heavy atom. The van der Waals surface area contributed by atoms with Gasteiger partial charge >= 0.3 is 0 Å². The number of carbonyl (C=O) groups excluding carboxylic acids is 1. The van der Waals surface area contributed by atoms with Gasteiger partial charge in [-0.15, -0.1) is 0 Å². The molecule has 0 aliphatic rings. The van der Waals surface area contributed by atoms with Crippen LogP contribution in [0.2, 0.25) is 10.0 Å². The molecule has 0 saturated carbocycles. The second-order valence-corrected chi connectivity index (χ2v) is 4.93. The smallest absolute Gasteiger partial charge is 0.257 e. The van der Waals surface area contributed by atoms with Gasteiger partial charge in [0, 0.05) is 12.7 Å². The van der Waals surface area contributed by atoms with Gasteiger partial charge in [-0.2, -0.15) is 0 Å². The molecule has 0 heterocycles. The number of para-hydroxylation sites is 1. The Morgan fingerprint density at radius 3 is 2.33 bits per heavy atom. The molecule has 7 heteroatoms. The van der Waals surface area contributed by atoms with E-state index in [4.69, 9.17) is 23.2 Å². The molecule has 21 heavy (non-hydrogen) atoms. The van der Waals surface area contributed by atoms with Crippen molar-refractivity contribution in [3.63, 3.8) is 0 Å². The van der Waals surface area contributed by atoms with Crippen molar-refractivity contribution in [2.75, 3.05) is 17.7 Å². The Balaban J connectivity index is 2.33. The average molecular weight is 331 g/mol. The molecule has 3 nitrogen and oxygen atoms in total. The number of amides is 1. The molecule has 2 aromatic carbocycles. The Bertz CT molecular complexity index is 684. The Kier molecular flexibility index (Phi) is 4.65. The maximum atomic E-state index is 13.6. The second kappa shape index (κ2) is 6.28. The van der Waals surface area contributed by atoms with Gasteiger partial charge in [-0.25, -0.2) is 8.78 Å². The van der Waals surface area contributed by atoms with E-state index in [1.807, 2.05) is 0 Å². The summed E-state index contributed by atoms with van der Waals surface area (Å²) in [5.74, 6) is -1.89. The minimum atomic E-state index is -0.766. The first kappa shape index (κ1) is 15.5. The Morgan fingerprint density at radius 1 is 1.14 bits per heavy atom. The van der Waals surface area contributed by atoms with Gasteiger partial charge in [-0.1, -0.05) is 29.3 Å². The van der Waals surface area contributed by atoms with Gasteiger partial charge in [-0.3, -0.25) is 4.79 Å². The van der Waals surface area contributed by atoms with Gasteiger partial charge in [0.25, 0.3) is 5.91 Å². The van der Waals surface area contributed by atoms with Crippen LogP contribution in [0.15, 0.2) is 30.3 Å². The lowest BCUT2D eigenvalue weighted by Gasteiger charge is -2.11. The monoisotopic (exact) mass is 330 g/mol. The number of anilines is 2. The van der Waals surface area contributed by atoms with Crippen molar-refractivity contribution in [3.8, 4) is 0 Å². The number of benzene rings is 2. The van der Waals surface area contributed by atoms with E-state index >= 15 is 0 Å². The molecule has 110 valence electrons. The summed E-state index contributed by atoms with van der Waals surface area (Å²) in [5.41, 5.74) is 0.381. The largest absolute Gasteiger partial charge is 0.385 e. The molecule has 0 bridgehead atoms. The lowest BCUT2D eigenvalue weighted by atomic mass is 10.1. The van der Waals surface area contributed by atoms with Crippen molar-refractivity contribution >= 4 is 40.5 Å². The Labute approximate surface area is 129 Å². The fourth-order valence-electron chi connectivity index (χ4n) is 1.79. The summed E-state index contributed by atoms with van der Waals surface area (Å²) in [5, 5.41) is 4.67. The van der Waals surface area contributed by atoms with Crippen LogP contribution in [-0.2, 0) is 0 Å². The third kappa shape index (κ3) is 3.25. The molecule has 0 aliphatic carbocycles. The van der Waals surface area contributed by atoms with Crippen molar-refractivity contribution in [2.24, 2.45) is 0 Å². The van der Waals surface area contributed by atoms with E-state index in [0.717, 1.165) is 0 Å². The third-order valence-corrected chi connectivity index (χ3v) is 3.30. The number of nitrogens with one attached hydrogen (secondary N) is 2. The van der Waals surface area contributed by atoms with E-state index in [9.17, 15) is 13.6 Å². The molecule has 2 aromatic rings. The highest BCUT2D eigenvalue weighted by Gasteiger charge is 2.15. The van der Waals surface area contributed by atoms with Gasteiger partial charge < -0.3 is 10.6 Å². The first-order valence-electron chi connectivity index (χ1n) is 5.86. The summed E-state index contributed by atoms with van der Waals surface area (Å²) >= 11 is 11.3. The zero-order chi connectivity index (χ0) is 15.6. The second-order valence-electron chi connectivity index (χ2n) is 4.12. The highest BCUT2D eigenvalue weighted by atomic mass is 35.5. The van der Waals surface area contributed by atoms with Crippen LogP contribution in [0.1, 0.15) is 10.4 Å². The molecular formula is C14H10Cl2F2N2O. The summed E-state index contributed by atoms with van der Waals surface area (Å²) in [6.07, 6.45) is 0. The molecular weight excluding hydrogens is 321 g/mol. The van der Waals surface area contributed by atoms with Crippen molar-refractivity contribution in [1.82, 2.24) is 0 Å². The molecule has 1 amide bonds. The van der Waals surface area contributed by atoms with Gasteiger partial charge in [0.2, 0.25) is 0 Å². The van der Waals surface area contributed by atoms with E-state index in [1.165, 1.54) is 37.4 Å². The van der Waals surface area contributed by atoms with Crippen LogP contribution in [0.3, 0.4) is 0 Å². The van der Waals surface area contributed by atoms with Crippen molar-refractivity contribution < 1.29 is 13.6 Å². The SMILES string of the molecule is CNc1c(F)cccc1C(=O)Nc1cc(Cl)c(F)c(Cl)c1. The summed E-state index contributed by atoms with van der Waals surface area (Å²) in [7, 11) is 1.50. The first-order valence-corrected chi connectivity index (χ1v) is 6.61. The summed E-state index contributed by atoms with van der Waals surface area (Å²) < 4.78 is 26.9. The van der Waals surface area contributed by atoms with Crippen LogP contribution in [0.4, 0.5) is 20.2 Å². The number of hydrogen-bond donors (Lipinski definition) is 2. The lowest BCUT2D eigenvalue weighted by Crippen LogP contribution is -2.15. The van der Waals surface area contributed by atoms with Crippen LogP contribution >= 0.6 is 23.2 Å². The van der Waals surface area contributed by atoms with Gasteiger partial charge in [0.15, 0.2) is 5.82 Å². The van der Waals surface area contributed by atoms with Gasteiger partial charge in [-0.05, 0) is 24.3 Å². The van der Waals surface area contributed by atoms with E-state index < -0.39 is 17.5 Å². The molecule has 0 aromatic heterocycles. The zero-order valence-corrected chi connectivity index (χ0v) is 12.3. The van der Waals surface area contributed by atoms with E-state index in [-0.39, 0.29) is 27.0 Å². The standard InChI is InChI=1S/C14H10Cl2F2N2O/c1-19-13-8(3-2-4-11(13)17)14(21)20-7-5-9(15)12(18)10(16)6-7/h2-6,19H,1H3,(H,20,21). The average Bonchev–Trinajstić information content (AvgIpc) is 2.44. The minimum Gasteiger partial charge on any atom is -0.385 e. The molecule has 0 radical (unpaired) electrons. The third-order valence-electron chi connectivity index (χ3n) is 2.75. The predicted octanol–water partition coefficient (Wildman–Crippen LogP) is 4.57. The summed E-state index contributed by atoms with van der Waals surface area (Å²) in [6.45, 7) is 0. The maximum Gasteiger partial charge on any atom is 0.257 e. The maximum absolute atomic E-state index is 13.6. The van der Waals surface area contributed by atoms with Crippen LogP contribution in [0.25, 0.3) is 0 Å². The quantitative estimate of drug-likeness (QED) is 0.809.